The molecular weight excluding hydrogens is 488 g/mol. The van der Waals surface area contributed by atoms with Crippen molar-refractivity contribution in [3.8, 4) is 0 Å². The number of benzene rings is 3. The van der Waals surface area contributed by atoms with Crippen LogP contribution in [0.25, 0.3) is 0 Å². The first-order valence-corrected chi connectivity index (χ1v) is 13.0. The molecule has 0 bridgehead atoms. The van der Waals surface area contributed by atoms with Crippen LogP contribution in [0.2, 0.25) is 0 Å². The Labute approximate surface area is 207 Å². The molecule has 1 heterocycles. The smallest absolute Gasteiger partial charge is 0.337 e. The van der Waals surface area contributed by atoms with E-state index in [0.29, 0.717) is 16.9 Å². The minimum atomic E-state index is -3.72. The van der Waals surface area contributed by atoms with Crippen molar-refractivity contribution in [1.29, 1.82) is 0 Å². The first-order chi connectivity index (χ1) is 16.7. The lowest BCUT2D eigenvalue weighted by molar-refractivity contribution is -0.121. The van der Waals surface area contributed by atoms with Gasteiger partial charge in [-0.05, 0) is 67.6 Å². The molecule has 1 saturated heterocycles. The lowest BCUT2D eigenvalue weighted by atomic mass is 10.2. The maximum atomic E-state index is 12.9. The van der Waals surface area contributed by atoms with Crippen molar-refractivity contribution < 1.29 is 27.5 Å². The van der Waals surface area contributed by atoms with Gasteiger partial charge in [0.1, 0.15) is 0 Å². The predicted molar refractivity (Wildman–Crippen MR) is 133 cm³/mol. The summed E-state index contributed by atoms with van der Waals surface area (Å²) in [6.07, 6.45) is 0.0318. The summed E-state index contributed by atoms with van der Waals surface area (Å²) in [7, 11) is -2.45. The summed E-state index contributed by atoms with van der Waals surface area (Å²) in [5, 5.41) is -0.613. The van der Waals surface area contributed by atoms with Gasteiger partial charge in [-0.15, -0.1) is 11.8 Å². The van der Waals surface area contributed by atoms with Crippen LogP contribution in [0.4, 0.5) is 11.4 Å². The Balaban J connectivity index is 1.42. The van der Waals surface area contributed by atoms with Crippen LogP contribution in [0, 0.1) is 6.92 Å². The van der Waals surface area contributed by atoms with E-state index in [4.69, 9.17) is 0 Å². The Kier molecular flexibility index (Phi) is 6.95. The van der Waals surface area contributed by atoms with Crippen molar-refractivity contribution in [1.82, 2.24) is 0 Å². The van der Waals surface area contributed by atoms with Crippen molar-refractivity contribution in [2.24, 2.45) is 0 Å². The Morgan fingerprint density at radius 1 is 0.971 bits per heavy atom. The van der Waals surface area contributed by atoms with Gasteiger partial charge in [-0.1, -0.05) is 17.7 Å². The summed E-state index contributed by atoms with van der Waals surface area (Å²) in [4.78, 5) is 39.1. The molecule has 1 atom stereocenters. The fourth-order valence-corrected chi connectivity index (χ4v) is 5.64. The van der Waals surface area contributed by atoms with Gasteiger partial charge in [0.05, 0.1) is 28.5 Å². The van der Waals surface area contributed by atoms with Crippen molar-refractivity contribution in [2.45, 2.75) is 28.4 Å². The first-order valence-electron chi connectivity index (χ1n) is 10.6. The van der Waals surface area contributed by atoms with Gasteiger partial charge in [0.25, 0.3) is 10.0 Å². The van der Waals surface area contributed by atoms with Gasteiger partial charge in [0.2, 0.25) is 11.8 Å². The topological polar surface area (TPSA) is 110 Å². The van der Waals surface area contributed by atoms with Gasteiger partial charge in [0.15, 0.2) is 0 Å². The Morgan fingerprint density at radius 2 is 1.60 bits per heavy atom. The molecule has 1 aliphatic heterocycles. The second-order valence-electron chi connectivity index (χ2n) is 7.86. The maximum Gasteiger partial charge on any atom is 0.337 e. The number of nitrogens with zero attached hydrogens (tertiary/aromatic N) is 1. The predicted octanol–water partition coefficient (Wildman–Crippen LogP) is 4.01. The number of amides is 2. The molecular formula is C25H22N2O6S2. The summed E-state index contributed by atoms with van der Waals surface area (Å²) >= 11 is 1.23. The number of esters is 1. The third-order valence-corrected chi connectivity index (χ3v) is 7.96. The normalized spacial score (nSPS) is 15.8. The van der Waals surface area contributed by atoms with Crippen LogP contribution in [-0.4, -0.2) is 38.6 Å². The Bertz CT molecular complexity index is 1370. The summed E-state index contributed by atoms with van der Waals surface area (Å²) in [5.41, 5.74) is 2.05. The van der Waals surface area contributed by atoms with E-state index in [-0.39, 0.29) is 23.1 Å². The zero-order valence-electron chi connectivity index (χ0n) is 18.9. The van der Waals surface area contributed by atoms with Crippen LogP contribution < -0.4 is 9.62 Å². The van der Waals surface area contributed by atoms with E-state index in [1.807, 2.05) is 6.92 Å². The average molecular weight is 511 g/mol. The van der Waals surface area contributed by atoms with Crippen LogP contribution in [0.1, 0.15) is 22.3 Å². The zero-order chi connectivity index (χ0) is 25.2. The molecule has 180 valence electrons. The van der Waals surface area contributed by atoms with Gasteiger partial charge in [0, 0.05) is 17.0 Å². The van der Waals surface area contributed by atoms with Gasteiger partial charge in [-0.25, -0.2) is 18.1 Å². The molecule has 0 spiro atoms. The molecule has 1 unspecified atom stereocenters. The quantitative estimate of drug-likeness (QED) is 0.378. The lowest BCUT2D eigenvalue weighted by Crippen LogP contribution is -2.31. The molecule has 3 aromatic rings. The standard InChI is InChI=1S/C25H22N2O6S2/c1-16-3-13-21(14-4-16)35(31,32)26-18-7-11-20(12-8-18)34-22-15-23(28)27(24(22)29)19-9-5-17(6-10-19)25(30)33-2/h3-14,22,26H,15H2,1-2H3. The van der Waals surface area contributed by atoms with E-state index in [1.54, 1.807) is 48.5 Å². The second kappa shape index (κ2) is 9.93. The fourth-order valence-electron chi connectivity index (χ4n) is 3.53. The summed E-state index contributed by atoms with van der Waals surface area (Å²) in [6, 6.07) is 19.2. The number of methoxy groups -OCH3 is 1. The SMILES string of the molecule is COC(=O)c1ccc(N2C(=O)CC(Sc3ccc(NS(=O)(=O)c4ccc(C)cc4)cc3)C2=O)cc1. The zero-order valence-corrected chi connectivity index (χ0v) is 20.6. The minimum absolute atomic E-state index is 0.0318. The van der Waals surface area contributed by atoms with Crippen molar-refractivity contribution >= 4 is 50.9 Å². The number of sulfonamides is 1. The number of nitrogens with one attached hydrogen (secondary N) is 1. The van der Waals surface area contributed by atoms with E-state index in [1.165, 1.54) is 43.1 Å². The summed E-state index contributed by atoms with van der Waals surface area (Å²) in [5.74, 6) is -1.19. The lowest BCUT2D eigenvalue weighted by Gasteiger charge is -2.15. The number of ether oxygens (including phenoxy) is 1. The van der Waals surface area contributed by atoms with E-state index >= 15 is 0 Å². The molecule has 0 radical (unpaired) electrons. The van der Waals surface area contributed by atoms with E-state index in [0.717, 1.165) is 15.4 Å². The van der Waals surface area contributed by atoms with Crippen molar-refractivity contribution in [3.63, 3.8) is 0 Å². The molecule has 8 nitrogen and oxygen atoms in total. The molecule has 0 saturated carbocycles. The van der Waals surface area contributed by atoms with Crippen LogP contribution in [-0.2, 0) is 24.3 Å². The van der Waals surface area contributed by atoms with Crippen molar-refractivity contribution in [3.05, 3.63) is 83.9 Å². The van der Waals surface area contributed by atoms with E-state index in [9.17, 15) is 22.8 Å². The molecule has 2 amide bonds. The third-order valence-electron chi connectivity index (χ3n) is 5.37. The number of carbonyl (C=O) groups excluding carboxylic acids is 3. The number of imide groups is 1. The van der Waals surface area contributed by atoms with Gasteiger partial charge in [-0.2, -0.15) is 0 Å². The number of hydrogen-bond acceptors (Lipinski definition) is 7. The summed E-state index contributed by atoms with van der Waals surface area (Å²) < 4.78 is 32.3. The Morgan fingerprint density at radius 3 is 2.20 bits per heavy atom. The number of rotatable bonds is 7. The fraction of sp³-hybridized carbons (Fsp3) is 0.160. The highest BCUT2D eigenvalue weighted by Gasteiger charge is 2.40. The van der Waals surface area contributed by atoms with Crippen LogP contribution in [0.3, 0.4) is 0 Å². The largest absolute Gasteiger partial charge is 0.465 e. The van der Waals surface area contributed by atoms with Crippen molar-refractivity contribution in [2.75, 3.05) is 16.7 Å². The molecule has 0 aliphatic carbocycles. The van der Waals surface area contributed by atoms with E-state index in [2.05, 4.69) is 9.46 Å². The molecule has 1 aliphatic rings. The highest BCUT2D eigenvalue weighted by Crippen LogP contribution is 2.34. The number of hydrogen-bond donors (Lipinski definition) is 1. The number of anilines is 2. The van der Waals surface area contributed by atoms with Crippen LogP contribution >= 0.6 is 11.8 Å². The maximum absolute atomic E-state index is 12.9. The second-order valence-corrected chi connectivity index (χ2v) is 10.8. The van der Waals surface area contributed by atoms with Crippen LogP contribution in [0.15, 0.2) is 82.6 Å². The van der Waals surface area contributed by atoms with Gasteiger partial charge < -0.3 is 4.74 Å². The number of thioether (sulfide) groups is 1. The minimum Gasteiger partial charge on any atom is -0.465 e. The van der Waals surface area contributed by atoms with Gasteiger partial charge >= 0.3 is 5.97 Å². The first kappa shape index (κ1) is 24.5. The molecule has 35 heavy (non-hydrogen) atoms. The molecule has 0 aromatic heterocycles. The van der Waals surface area contributed by atoms with Crippen LogP contribution in [0.5, 0.6) is 0 Å². The third kappa shape index (κ3) is 5.39. The number of aryl methyl sites for hydroxylation is 1. The highest BCUT2D eigenvalue weighted by molar-refractivity contribution is 8.00. The van der Waals surface area contributed by atoms with E-state index < -0.39 is 21.2 Å². The average Bonchev–Trinajstić information content (AvgIpc) is 3.12. The molecule has 3 aromatic carbocycles. The molecule has 4 rings (SSSR count). The molecule has 1 fully saturated rings. The van der Waals surface area contributed by atoms with Gasteiger partial charge in [-0.3, -0.25) is 14.3 Å². The number of carbonyl (C=O) groups is 3. The monoisotopic (exact) mass is 510 g/mol. The molecule has 10 heteroatoms. The molecule has 1 N–H and O–H groups in total. The highest BCUT2D eigenvalue weighted by atomic mass is 32.2. The Hall–Kier alpha value is -3.63. The summed E-state index contributed by atoms with van der Waals surface area (Å²) in [6.45, 7) is 1.88.